The second kappa shape index (κ2) is 8.68. The molecule has 1 aliphatic rings. The van der Waals surface area contributed by atoms with Crippen LogP contribution in [0, 0.1) is 5.82 Å². The number of carbonyl (C=O) groups is 1. The van der Waals surface area contributed by atoms with Gasteiger partial charge in [-0.1, -0.05) is 12.1 Å². The van der Waals surface area contributed by atoms with Crippen LogP contribution >= 0.6 is 0 Å². The number of hydrogen-bond donors (Lipinski definition) is 1. The van der Waals surface area contributed by atoms with Gasteiger partial charge in [0.2, 0.25) is 0 Å². The molecule has 4 rings (SSSR count). The van der Waals surface area contributed by atoms with Crippen LogP contribution < -0.4 is 15.1 Å². The Morgan fingerprint density at radius 3 is 2.38 bits per heavy atom. The van der Waals surface area contributed by atoms with Crippen molar-refractivity contribution in [3.63, 3.8) is 0 Å². The maximum atomic E-state index is 14.0. The highest BCUT2D eigenvalue weighted by Crippen LogP contribution is 2.22. The van der Waals surface area contributed by atoms with Crippen molar-refractivity contribution >= 4 is 17.4 Å². The fourth-order valence-corrected chi connectivity index (χ4v) is 3.38. The molecule has 7 heteroatoms. The largest absolute Gasteiger partial charge is 0.366 e. The van der Waals surface area contributed by atoms with Gasteiger partial charge >= 0.3 is 0 Å². The lowest BCUT2D eigenvalue weighted by atomic mass is 10.2. The summed E-state index contributed by atoms with van der Waals surface area (Å²) in [5.74, 6) is 0.468. The number of anilines is 2. The van der Waals surface area contributed by atoms with E-state index in [1.165, 1.54) is 6.07 Å². The first-order valence-corrected chi connectivity index (χ1v) is 9.58. The summed E-state index contributed by atoms with van der Waals surface area (Å²) in [5.41, 5.74) is 2.15. The van der Waals surface area contributed by atoms with Crippen molar-refractivity contribution in [3.8, 4) is 0 Å². The summed E-state index contributed by atoms with van der Waals surface area (Å²) >= 11 is 0. The monoisotopic (exact) mass is 391 g/mol. The van der Waals surface area contributed by atoms with Crippen molar-refractivity contribution in [2.24, 2.45) is 0 Å². The van der Waals surface area contributed by atoms with E-state index in [9.17, 15) is 9.18 Å². The molecule has 0 bridgehead atoms. The molecule has 0 atom stereocenters. The van der Waals surface area contributed by atoms with E-state index >= 15 is 0 Å². The van der Waals surface area contributed by atoms with Gasteiger partial charge in [0.1, 0.15) is 11.6 Å². The highest BCUT2D eigenvalue weighted by molar-refractivity contribution is 5.94. The summed E-state index contributed by atoms with van der Waals surface area (Å²) < 4.78 is 14.0. The Balaban J connectivity index is 1.32. The molecule has 0 unspecified atom stereocenters. The first-order chi connectivity index (χ1) is 14.2. The van der Waals surface area contributed by atoms with Crippen molar-refractivity contribution in [1.82, 2.24) is 15.3 Å². The lowest BCUT2D eigenvalue weighted by Crippen LogP contribution is -2.47. The lowest BCUT2D eigenvalue weighted by molar-refractivity contribution is 0.0950. The Morgan fingerprint density at radius 2 is 1.69 bits per heavy atom. The predicted octanol–water partition coefficient (Wildman–Crippen LogP) is 2.87. The number of amides is 1. The molecule has 0 radical (unpaired) electrons. The van der Waals surface area contributed by atoms with Gasteiger partial charge < -0.3 is 15.1 Å². The molecule has 1 fully saturated rings. The predicted molar refractivity (Wildman–Crippen MR) is 110 cm³/mol. The van der Waals surface area contributed by atoms with E-state index in [0.717, 1.165) is 37.6 Å². The van der Waals surface area contributed by atoms with Gasteiger partial charge in [-0.2, -0.15) is 0 Å². The van der Waals surface area contributed by atoms with E-state index in [4.69, 9.17) is 0 Å². The third kappa shape index (κ3) is 4.51. The summed E-state index contributed by atoms with van der Waals surface area (Å²) in [5, 5.41) is 2.88. The van der Waals surface area contributed by atoms with Crippen LogP contribution in [0.5, 0.6) is 0 Å². The fourth-order valence-electron chi connectivity index (χ4n) is 3.38. The third-order valence-electron chi connectivity index (χ3n) is 5.01. The first-order valence-electron chi connectivity index (χ1n) is 9.58. The zero-order valence-electron chi connectivity index (χ0n) is 16.0. The minimum Gasteiger partial charge on any atom is -0.366 e. The number of para-hydroxylation sites is 1. The number of pyridine rings is 2. The molecule has 1 aliphatic heterocycles. The van der Waals surface area contributed by atoms with E-state index in [0.29, 0.717) is 17.8 Å². The van der Waals surface area contributed by atoms with Crippen molar-refractivity contribution in [2.45, 2.75) is 6.54 Å². The summed E-state index contributed by atoms with van der Waals surface area (Å²) in [6.07, 6.45) is 4.99. The number of hydrogen-bond acceptors (Lipinski definition) is 5. The SMILES string of the molecule is O=C(NCc1ccncc1)c1ccc(N2CCN(c3ccccc3F)CC2)nc1. The average molecular weight is 391 g/mol. The van der Waals surface area contributed by atoms with Gasteiger partial charge in [0.25, 0.3) is 5.91 Å². The van der Waals surface area contributed by atoms with E-state index < -0.39 is 0 Å². The molecule has 0 spiro atoms. The minimum atomic E-state index is -0.193. The molecule has 6 nitrogen and oxygen atoms in total. The number of nitrogens with zero attached hydrogens (tertiary/aromatic N) is 4. The van der Waals surface area contributed by atoms with Gasteiger partial charge in [-0.05, 0) is 42.0 Å². The Labute approximate surface area is 169 Å². The summed E-state index contributed by atoms with van der Waals surface area (Å²) in [6, 6.07) is 14.2. The molecule has 148 valence electrons. The molecular weight excluding hydrogens is 369 g/mol. The summed E-state index contributed by atoms with van der Waals surface area (Å²) in [4.78, 5) is 24.9. The minimum absolute atomic E-state index is 0.162. The average Bonchev–Trinajstić information content (AvgIpc) is 2.79. The molecule has 29 heavy (non-hydrogen) atoms. The number of halogens is 1. The van der Waals surface area contributed by atoms with Gasteiger partial charge in [-0.3, -0.25) is 9.78 Å². The zero-order chi connectivity index (χ0) is 20.1. The van der Waals surface area contributed by atoms with Crippen molar-refractivity contribution < 1.29 is 9.18 Å². The molecule has 3 aromatic rings. The van der Waals surface area contributed by atoms with Gasteiger partial charge in [-0.15, -0.1) is 0 Å². The molecular formula is C22H22FN5O. The van der Waals surface area contributed by atoms with E-state index in [2.05, 4.69) is 20.2 Å². The maximum absolute atomic E-state index is 14.0. The molecule has 1 N–H and O–H groups in total. The van der Waals surface area contributed by atoms with E-state index in [-0.39, 0.29) is 11.7 Å². The lowest BCUT2D eigenvalue weighted by Gasteiger charge is -2.36. The van der Waals surface area contributed by atoms with Crippen LogP contribution in [0.3, 0.4) is 0 Å². The highest BCUT2D eigenvalue weighted by Gasteiger charge is 2.20. The quantitative estimate of drug-likeness (QED) is 0.725. The van der Waals surface area contributed by atoms with Crippen molar-refractivity contribution in [3.05, 3.63) is 84.1 Å². The second-order valence-corrected chi connectivity index (χ2v) is 6.87. The zero-order valence-corrected chi connectivity index (χ0v) is 16.0. The number of piperazine rings is 1. The van der Waals surface area contributed by atoms with Gasteiger partial charge in [0.15, 0.2) is 0 Å². The van der Waals surface area contributed by atoms with Crippen molar-refractivity contribution in [2.75, 3.05) is 36.0 Å². The molecule has 1 saturated heterocycles. The smallest absolute Gasteiger partial charge is 0.253 e. The number of aromatic nitrogens is 2. The van der Waals surface area contributed by atoms with E-state index in [1.54, 1.807) is 30.7 Å². The highest BCUT2D eigenvalue weighted by atomic mass is 19.1. The second-order valence-electron chi connectivity index (χ2n) is 6.87. The standard InChI is InChI=1S/C22H22FN5O/c23-19-3-1-2-4-20(19)27-11-13-28(14-12-27)21-6-5-18(16-25-21)22(29)26-15-17-7-9-24-10-8-17/h1-10,16H,11-15H2,(H,26,29). The van der Waals surface area contributed by atoms with Gasteiger partial charge in [0.05, 0.1) is 11.3 Å². The maximum Gasteiger partial charge on any atom is 0.253 e. The molecule has 3 heterocycles. The fraction of sp³-hybridized carbons (Fsp3) is 0.227. The Morgan fingerprint density at radius 1 is 0.966 bits per heavy atom. The van der Waals surface area contributed by atoms with Crippen LogP contribution in [-0.2, 0) is 6.54 Å². The number of benzene rings is 1. The van der Waals surface area contributed by atoms with Crippen LogP contribution in [-0.4, -0.2) is 42.1 Å². The number of carbonyl (C=O) groups excluding carboxylic acids is 1. The van der Waals surface area contributed by atoms with Crippen LogP contribution in [0.2, 0.25) is 0 Å². The topological polar surface area (TPSA) is 61.4 Å². The Hall–Kier alpha value is -3.48. The molecule has 0 saturated carbocycles. The third-order valence-corrected chi connectivity index (χ3v) is 5.01. The molecule has 0 aliphatic carbocycles. The number of nitrogens with one attached hydrogen (secondary N) is 1. The van der Waals surface area contributed by atoms with Crippen LogP contribution in [0.15, 0.2) is 67.1 Å². The molecule has 1 amide bonds. The Bertz CT molecular complexity index is 956. The van der Waals surface area contributed by atoms with Crippen molar-refractivity contribution in [1.29, 1.82) is 0 Å². The summed E-state index contributed by atoms with van der Waals surface area (Å²) in [7, 11) is 0. The van der Waals surface area contributed by atoms with Gasteiger partial charge in [0, 0.05) is 51.3 Å². The first kappa shape index (κ1) is 18.9. The summed E-state index contributed by atoms with van der Waals surface area (Å²) in [6.45, 7) is 3.37. The van der Waals surface area contributed by atoms with Crippen LogP contribution in [0.1, 0.15) is 15.9 Å². The molecule has 1 aromatic carbocycles. The molecule has 2 aromatic heterocycles. The van der Waals surface area contributed by atoms with Gasteiger partial charge in [-0.25, -0.2) is 9.37 Å². The number of rotatable bonds is 5. The van der Waals surface area contributed by atoms with E-state index in [1.807, 2.05) is 35.2 Å². The van der Waals surface area contributed by atoms with Crippen LogP contribution in [0.25, 0.3) is 0 Å². The normalized spacial score (nSPS) is 14.0. The van der Waals surface area contributed by atoms with Crippen LogP contribution in [0.4, 0.5) is 15.9 Å². The Kier molecular flexibility index (Phi) is 5.65.